The fraction of sp³-hybridized carbons (Fsp3) is 0.500. The molecule has 0 amide bonds. The molecular formula is C18H22FN5O. The largest absolute Gasteiger partial charge is 0.368 e. The zero-order valence-corrected chi connectivity index (χ0v) is 14.8. The van der Waals surface area contributed by atoms with E-state index in [9.17, 15) is 9.65 Å². The Labute approximate surface area is 146 Å². The molecule has 0 saturated carbocycles. The predicted molar refractivity (Wildman–Crippen MR) is 91.6 cm³/mol. The number of rotatable bonds is 3. The summed E-state index contributed by atoms with van der Waals surface area (Å²) in [7, 11) is 0. The Hall–Kier alpha value is -2.46. The van der Waals surface area contributed by atoms with Crippen molar-refractivity contribution in [3.63, 3.8) is 0 Å². The summed E-state index contributed by atoms with van der Waals surface area (Å²) in [5, 5.41) is 13.2. The molecule has 0 bridgehead atoms. The van der Waals surface area contributed by atoms with Crippen molar-refractivity contribution in [3.05, 3.63) is 41.3 Å². The van der Waals surface area contributed by atoms with E-state index in [1.165, 1.54) is 6.07 Å². The van der Waals surface area contributed by atoms with Crippen molar-refractivity contribution in [1.29, 1.82) is 5.26 Å². The second-order valence-corrected chi connectivity index (χ2v) is 7.27. The van der Waals surface area contributed by atoms with E-state index < -0.39 is 5.82 Å². The molecule has 1 aliphatic heterocycles. The summed E-state index contributed by atoms with van der Waals surface area (Å²) < 4.78 is 19.1. The van der Waals surface area contributed by atoms with Gasteiger partial charge >= 0.3 is 0 Å². The summed E-state index contributed by atoms with van der Waals surface area (Å²) in [4.78, 5) is 8.74. The number of anilines is 1. The van der Waals surface area contributed by atoms with Crippen LogP contribution in [-0.4, -0.2) is 41.2 Å². The van der Waals surface area contributed by atoms with E-state index >= 15 is 0 Å². The maximum Gasteiger partial charge on any atom is 0.240 e. The molecule has 132 valence electrons. The lowest BCUT2D eigenvalue weighted by molar-refractivity contribution is 0.215. The highest BCUT2D eigenvalue weighted by Crippen LogP contribution is 2.24. The number of halogens is 1. The van der Waals surface area contributed by atoms with Crippen LogP contribution in [0.25, 0.3) is 0 Å². The van der Waals surface area contributed by atoms with Crippen LogP contribution in [-0.2, 0) is 12.0 Å². The first-order chi connectivity index (χ1) is 11.9. The number of nitrogens with zero attached hydrogens (tertiary/aromatic N) is 5. The molecule has 0 aliphatic carbocycles. The van der Waals surface area contributed by atoms with Gasteiger partial charge in [0.25, 0.3) is 0 Å². The van der Waals surface area contributed by atoms with Gasteiger partial charge in [-0.25, -0.2) is 4.39 Å². The van der Waals surface area contributed by atoms with E-state index in [4.69, 9.17) is 4.52 Å². The van der Waals surface area contributed by atoms with E-state index in [0.29, 0.717) is 23.9 Å². The number of nitriles is 1. The zero-order valence-electron chi connectivity index (χ0n) is 14.8. The third kappa shape index (κ3) is 3.80. The van der Waals surface area contributed by atoms with Crippen molar-refractivity contribution >= 4 is 5.69 Å². The average Bonchev–Trinajstić information content (AvgIpc) is 3.04. The van der Waals surface area contributed by atoms with Gasteiger partial charge in [-0.15, -0.1) is 0 Å². The van der Waals surface area contributed by atoms with E-state index in [-0.39, 0.29) is 11.0 Å². The van der Waals surface area contributed by atoms with E-state index in [1.807, 2.05) is 31.7 Å². The molecule has 1 saturated heterocycles. The number of piperazine rings is 1. The van der Waals surface area contributed by atoms with Crippen molar-refractivity contribution in [2.24, 2.45) is 0 Å². The van der Waals surface area contributed by atoms with E-state index in [1.54, 1.807) is 12.1 Å². The topological polar surface area (TPSA) is 69.2 Å². The van der Waals surface area contributed by atoms with Gasteiger partial charge in [-0.05, 0) is 12.1 Å². The van der Waals surface area contributed by atoms with Gasteiger partial charge in [0.15, 0.2) is 5.82 Å². The van der Waals surface area contributed by atoms with Crippen molar-refractivity contribution in [2.45, 2.75) is 32.7 Å². The monoisotopic (exact) mass is 343 g/mol. The molecule has 0 radical (unpaired) electrons. The first kappa shape index (κ1) is 17.4. The summed E-state index contributed by atoms with van der Waals surface area (Å²) >= 11 is 0. The van der Waals surface area contributed by atoms with Crippen LogP contribution < -0.4 is 4.90 Å². The molecule has 0 N–H and O–H groups in total. The molecule has 1 aromatic heterocycles. The summed E-state index contributed by atoms with van der Waals surface area (Å²) in [6.45, 7) is 9.76. The van der Waals surface area contributed by atoms with Crippen LogP contribution >= 0.6 is 0 Å². The van der Waals surface area contributed by atoms with Gasteiger partial charge in [0.05, 0.1) is 12.2 Å². The molecule has 0 spiro atoms. The Morgan fingerprint density at radius 3 is 2.56 bits per heavy atom. The zero-order chi connectivity index (χ0) is 18.0. The van der Waals surface area contributed by atoms with Crippen LogP contribution in [0, 0.1) is 17.1 Å². The number of benzene rings is 1. The highest BCUT2D eigenvalue weighted by atomic mass is 19.1. The van der Waals surface area contributed by atoms with Crippen molar-refractivity contribution in [2.75, 3.05) is 31.1 Å². The fourth-order valence-corrected chi connectivity index (χ4v) is 2.85. The van der Waals surface area contributed by atoms with Crippen LogP contribution in [0.15, 0.2) is 22.7 Å². The van der Waals surface area contributed by atoms with Crippen LogP contribution in [0.4, 0.5) is 10.1 Å². The summed E-state index contributed by atoms with van der Waals surface area (Å²) in [6, 6.07) is 6.73. The lowest BCUT2D eigenvalue weighted by atomic mass is 9.96. The van der Waals surface area contributed by atoms with Gasteiger partial charge in [0, 0.05) is 31.6 Å². The molecule has 1 fully saturated rings. The maximum atomic E-state index is 13.8. The fourth-order valence-electron chi connectivity index (χ4n) is 2.85. The summed E-state index contributed by atoms with van der Waals surface area (Å²) in [6.07, 6.45) is 0. The molecule has 1 aliphatic rings. The number of hydrogen-bond acceptors (Lipinski definition) is 6. The predicted octanol–water partition coefficient (Wildman–Crippen LogP) is 2.70. The number of hydrogen-bond donors (Lipinski definition) is 0. The second kappa shape index (κ2) is 6.81. The molecule has 0 atom stereocenters. The molecule has 1 aromatic carbocycles. The van der Waals surface area contributed by atoms with Gasteiger partial charge in [0.1, 0.15) is 17.4 Å². The molecule has 7 heteroatoms. The molecule has 0 unspecified atom stereocenters. The second-order valence-electron chi connectivity index (χ2n) is 7.27. The normalized spacial score (nSPS) is 16.0. The van der Waals surface area contributed by atoms with Crippen molar-refractivity contribution < 1.29 is 8.91 Å². The molecule has 2 heterocycles. The standard InChI is InChI=1S/C18H22FN5O/c1-18(2,3)17-21-16(25-22-17)12-23-7-9-24(10-8-23)15-6-4-5-14(19)13(15)11-20/h4-6H,7-10,12H2,1-3H3. The highest BCUT2D eigenvalue weighted by Gasteiger charge is 2.24. The minimum atomic E-state index is -0.469. The maximum absolute atomic E-state index is 13.8. The Morgan fingerprint density at radius 2 is 1.96 bits per heavy atom. The average molecular weight is 343 g/mol. The SMILES string of the molecule is CC(C)(C)c1noc(CN2CCN(c3cccc(F)c3C#N)CC2)n1. The van der Waals surface area contributed by atoms with Crippen LogP contribution in [0.1, 0.15) is 38.0 Å². The van der Waals surface area contributed by atoms with Gasteiger partial charge in [-0.3, -0.25) is 4.90 Å². The summed E-state index contributed by atoms with van der Waals surface area (Å²) in [5.41, 5.74) is 0.642. The lowest BCUT2D eigenvalue weighted by Crippen LogP contribution is -2.46. The Kier molecular flexibility index (Phi) is 4.73. The van der Waals surface area contributed by atoms with Crippen LogP contribution in [0.5, 0.6) is 0 Å². The van der Waals surface area contributed by atoms with Crippen LogP contribution in [0.3, 0.4) is 0 Å². The lowest BCUT2D eigenvalue weighted by Gasteiger charge is -2.35. The molecular weight excluding hydrogens is 321 g/mol. The van der Waals surface area contributed by atoms with Crippen molar-refractivity contribution in [3.8, 4) is 6.07 Å². The van der Waals surface area contributed by atoms with Gasteiger partial charge in [-0.2, -0.15) is 10.2 Å². The van der Waals surface area contributed by atoms with Gasteiger partial charge in [0.2, 0.25) is 5.89 Å². The quantitative estimate of drug-likeness (QED) is 0.853. The molecule has 6 nitrogen and oxygen atoms in total. The third-order valence-electron chi connectivity index (χ3n) is 4.31. The van der Waals surface area contributed by atoms with Crippen LogP contribution in [0.2, 0.25) is 0 Å². The minimum Gasteiger partial charge on any atom is -0.368 e. The Morgan fingerprint density at radius 1 is 1.24 bits per heavy atom. The Bertz CT molecular complexity index is 781. The van der Waals surface area contributed by atoms with E-state index in [0.717, 1.165) is 26.2 Å². The first-order valence-electron chi connectivity index (χ1n) is 8.37. The van der Waals surface area contributed by atoms with Gasteiger partial charge < -0.3 is 9.42 Å². The minimum absolute atomic E-state index is 0.114. The molecule has 3 rings (SSSR count). The first-order valence-corrected chi connectivity index (χ1v) is 8.37. The van der Waals surface area contributed by atoms with Gasteiger partial charge in [-0.1, -0.05) is 32.0 Å². The highest BCUT2D eigenvalue weighted by molar-refractivity contribution is 5.60. The third-order valence-corrected chi connectivity index (χ3v) is 4.31. The molecule has 25 heavy (non-hydrogen) atoms. The Balaban J connectivity index is 1.62. The smallest absolute Gasteiger partial charge is 0.240 e. The number of aromatic nitrogens is 2. The summed E-state index contributed by atoms with van der Waals surface area (Å²) in [5.74, 6) is 0.851. The van der Waals surface area contributed by atoms with Crippen molar-refractivity contribution in [1.82, 2.24) is 15.0 Å². The van der Waals surface area contributed by atoms with E-state index in [2.05, 4.69) is 15.0 Å². The molecule has 2 aromatic rings.